The molecule has 1 aliphatic rings. The molecule has 0 atom stereocenters. The maximum Gasteiger partial charge on any atom is 0.244 e. The summed E-state index contributed by atoms with van der Waals surface area (Å²) in [6, 6.07) is 11.4. The number of thiazole rings is 1. The number of carbonyl (C=O) groups excluding carboxylic acids is 1. The van der Waals surface area contributed by atoms with Gasteiger partial charge in [-0.2, -0.15) is 0 Å². The van der Waals surface area contributed by atoms with Gasteiger partial charge in [-0.1, -0.05) is 58.8 Å². The van der Waals surface area contributed by atoms with Crippen LogP contribution in [0.4, 0.5) is 5.13 Å². The number of piperazine rings is 1. The average Bonchev–Trinajstić information content (AvgIpc) is 3.23. The standard InChI is InChI=1S/C23H24Cl2N4OS/c1-16-6-8-19(25)22-21(16)27-23(31-22)29-14-12-28(13-15-29)11-10-26-20(30)9-7-17-4-2-3-5-18(17)24/h2-9H,10-15H2,1H3,(H,26,30)/b9-7+. The normalized spacial score (nSPS) is 15.1. The van der Waals surface area contributed by atoms with E-state index in [1.54, 1.807) is 17.4 Å². The molecule has 8 heteroatoms. The number of anilines is 1. The van der Waals surface area contributed by atoms with Gasteiger partial charge in [-0.3, -0.25) is 9.69 Å². The Balaban J connectivity index is 1.23. The molecule has 2 heterocycles. The van der Waals surface area contributed by atoms with Gasteiger partial charge in [0.25, 0.3) is 0 Å². The Hall–Kier alpha value is -2.12. The third-order valence-electron chi connectivity index (χ3n) is 5.38. The predicted octanol–water partition coefficient (Wildman–Crippen LogP) is 4.86. The summed E-state index contributed by atoms with van der Waals surface area (Å²) in [5, 5.41) is 5.38. The van der Waals surface area contributed by atoms with Crippen LogP contribution < -0.4 is 10.2 Å². The van der Waals surface area contributed by atoms with Crippen molar-refractivity contribution in [2.75, 3.05) is 44.2 Å². The molecule has 162 valence electrons. The molecular formula is C23H24Cl2N4OS. The van der Waals surface area contributed by atoms with Gasteiger partial charge in [0.05, 0.1) is 15.2 Å². The SMILES string of the molecule is Cc1ccc(Cl)c2sc(N3CCN(CCNC(=O)/C=C/c4ccccc4Cl)CC3)nc12. The summed E-state index contributed by atoms with van der Waals surface area (Å²) in [5.41, 5.74) is 2.99. The lowest BCUT2D eigenvalue weighted by Crippen LogP contribution is -2.48. The third kappa shape index (κ3) is 5.39. The van der Waals surface area contributed by atoms with Crippen LogP contribution in [0.5, 0.6) is 0 Å². The fourth-order valence-electron chi connectivity index (χ4n) is 3.56. The fourth-order valence-corrected chi connectivity index (χ4v) is 5.13. The van der Waals surface area contributed by atoms with Crippen molar-refractivity contribution >= 4 is 61.9 Å². The van der Waals surface area contributed by atoms with E-state index >= 15 is 0 Å². The van der Waals surface area contributed by atoms with Crippen molar-refractivity contribution in [2.24, 2.45) is 0 Å². The number of nitrogens with zero attached hydrogens (tertiary/aromatic N) is 3. The van der Waals surface area contributed by atoms with Gasteiger partial charge in [0.2, 0.25) is 5.91 Å². The van der Waals surface area contributed by atoms with E-state index in [1.165, 1.54) is 6.08 Å². The van der Waals surface area contributed by atoms with Crippen LogP contribution in [0.15, 0.2) is 42.5 Å². The highest BCUT2D eigenvalue weighted by Gasteiger charge is 2.20. The van der Waals surface area contributed by atoms with E-state index in [-0.39, 0.29) is 5.91 Å². The number of rotatable bonds is 6. The summed E-state index contributed by atoms with van der Waals surface area (Å²) in [6.45, 7) is 7.21. The van der Waals surface area contributed by atoms with E-state index in [9.17, 15) is 4.79 Å². The van der Waals surface area contributed by atoms with Gasteiger partial charge in [-0.25, -0.2) is 4.98 Å². The van der Waals surface area contributed by atoms with Crippen LogP contribution in [0.1, 0.15) is 11.1 Å². The van der Waals surface area contributed by atoms with Crippen LogP contribution in [0.2, 0.25) is 10.0 Å². The summed E-state index contributed by atoms with van der Waals surface area (Å²) in [5.74, 6) is -0.111. The lowest BCUT2D eigenvalue weighted by Gasteiger charge is -2.34. The Morgan fingerprint density at radius 2 is 1.90 bits per heavy atom. The third-order valence-corrected chi connectivity index (χ3v) is 7.30. The smallest absolute Gasteiger partial charge is 0.244 e. The number of aryl methyl sites for hydroxylation is 1. The number of amides is 1. The number of nitrogens with one attached hydrogen (secondary N) is 1. The second-order valence-corrected chi connectivity index (χ2v) is 9.30. The highest BCUT2D eigenvalue weighted by molar-refractivity contribution is 7.22. The van der Waals surface area contributed by atoms with E-state index in [0.717, 1.165) is 64.2 Å². The van der Waals surface area contributed by atoms with E-state index in [4.69, 9.17) is 28.2 Å². The maximum atomic E-state index is 12.1. The molecule has 0 saturated carbocycles. The summed E-state index contributed by atoms with van der Waals surface area (Å²) in [7, 11) is 0. The predicted molar refractivity (Wildman–Crippen MR) is 132 cm³/mol. The largest absolute Gasteiger partial charge is 0.351 e. The van der Waals surface area contributed by atoms with Gasteiger partial charge in [0, 0.05) is 50.4 Å². The molecule has 2 aromatic carbocycles. The van der Waals surface area contributed by atoms with Crippen LogP contribution in [-0.2, 0) is 4.79 Å². The van der Waals surface area contributed by atoms with E-state index in [0.29, 0.717) is 11.6 Å². The van der Waals surface area contributed by atoms with E-state index < -0.39 is 0 Å². The summed E-state index contributed by atoms with van der Waals surface area (Å²) in [4.78, 5) is 21.6. The van der Waals surface area contributed by atoms with Crippen molar-refractivity contribution in [3.63, 3.8) is 0 Å². The molecule has 1 aromatic heterocycles. The topological polar surface area (TPSA) is 48.5 Å². The molecule has 1 saturated heterocycles. The Kier molecular flexibility index (Phi) is 7.13. The van der Waals surface area contributed by atoms with Crippen LogP contribution in [0, 0.1) is 6.92 Å². The molecule has 0 radical (unpaired) electrons. The first kappa shape index (κ1) is 22.1. The molecule has 1 fully saturated rings. The molecule has 5 nitrogen and oxygen atoms in total. The lowest BCUT2D eigenvalue weighted by atomic mass is 10.2. The van der Waals surface area contributed by atoms with E-state index in [2.05, 4.69) is 22.0 Å². The summed E-state index contributed by atoms with van der Waals surface area (Å²) < 4.78 is 1.06. The average molecular weight is 475 g/mol. The highest BCUT2D eigenvalue weighted by Crippen LogP contribution is 2.35. The van der Waals surface area contributed by atoms with Gasteiger partial charge < -0.3 is 10.2 Å². The molecule has 0 aliphatic carbocycles. The highest BCUT2D eigenvalue weighted by atomic mass is 35.5. The minimum absolute atomic E-state index is 0.111. The molecule has 31 heavy (non-hydrogen) atoms. The van der Waals surface area contributed by atoms with E-state index in [1.807, 2.05) is 36.4 Å². The van der Waals surface area contributed by atoms with Crippen LogP contribution in [-0.4, -0.2) is 55.1 Å². The van der Waals surface area contributed by atoms with Crippen molar-refractivity contribution in [3.8, 4) is 0 Å². The van der Waals surface area contributed by atoms with Crippen molar-refractivity contribution in [2.45, 2.75) is 6.92 Å². The van der Waals surface area contributed by atoms with Gasteiger partial charge in [-0.15, -0.1) is 0 Å². The van der Waals surface area contributed by atoms with Crippen LogP contribution in [0.25, 0.3) is 16.3 Å². The number of fused-ring (bicyclic) bond motifs is 1. The van der Waals surface area contributed by atoms with Crippen molar-refractivity contribution in [3.05, 3.63) is 63.6 Å². The molecule has 0 spiro atoms. The Morgan fingerprint density at radius 3 is 2.65 bits per heavy atom. The quantitative estimate of drug-likeness (QED) is 0.518. The zero-order valence-electron chi connectivity index (χ0n) is 17.3. The van der Waals surface area contributed by atoms with Gasteiger partial charge in [0.15, 0.2) is 5.13 Å². The number of benzene rings is 2. The first-order chi connectivity index (χ1) is 15.0. The first-order valence-corrected chi connectivity index (χ1v) is 11.8. The van der Waals surface area contributed by atoms with Gasteiger partial charge in [-0.05, 0) is 36.3 Å². The van der Waals surface area contributed by atoms with Crippen molar-refractivity contribution in [1.82, 2.24) is 15.2 Å². The maximum absolute atomic E-state index is 12.1. The number of carbonyl (C=O) groups is 1. The number of aromatic nitrogens is 1. The van der Waals surface area contributed by atoms with Crippen LogP contribution in [0.3, 0.4) is 0 Å². The molecule has 0 unspecified atom stereocenters. The molecule has 0 bridgehead atoms. The summed E-state index contributed by atoms with van der Waals surface area (Å²) in [6.07, 6.45) is 3.27. The van der Waals surface area contributed by atoms with Gasteiger partial charge >= 0.3 is 0 Å². The zero-order chi connectivity index (χ0) is 21.8. The second-order valence-electron chi connectivity index (χ2n) is 7.51. The monoisotopic (exact) mass is 474 g/mol. The molecule has 3 aromatic rings. The molecule has 4 rings (SSSR count). The Morgan fingerprint density at radius 1 is 1.13 bits per heavy atom. The minimum Gasteiger partial charge on any atom is -0.351 e. The fraction of sp³-hybridized carbons (Fsp3) is 0.304. The van der Waals surface area contributed by atoms with Gasteiger partial charge in [0.1, 0.15) is 0 Å². The molecule has 1 amide bonds. The molecule has 1 aliphatic heterocycles. The minimum atomic E-state index is -0.111. The van der Waals surface area contributed by atoms with Crippen molar-refractivity contribution < 1.29 is 4.79 Å². The van der Waals surface area contributed by atoms with Crippen LogP contribution >= 0.6 is 34.5 Å². The van der Waals surface area contributed by atoms with Crippen molar-refractivity contribution in [1.29, 1.82) is 0 Å². The second kappa shape index (κ2) is 10.0. The Bertz CT molecular complexity index is 1070. The first-order valence-electron chi connectivity index (χ1n) is 10.2. The lowest BCUT2D eigenvalue weighted by molar-refractivity contribution is -0.116. The molecular weight excluding hydrogens is 451 g/mol. The molecule has 1 N–H and O–H groups in total. The number of hydrogen-bond donors (Lipinski definition) is 1. The zero-order valence-corrected chi connectivity index (χ0v) is 19.6. The summed E-state index contributed by atoms with van der Waals surface area (Å²) >= 11 is 14.1. The number of hydrogen-bond acceptors (Lipinski definition) is 5. The number of halogens is 2. The Labute approximate surface area is 196 Å².